The highest BCUT2D eigenvalue weighted by Gasteiger charge is 2.22. The van der Waals surface area contributed by atoms with Crippen LogP contribution in [0.2, 0.25) is 5.02 Å². The van der Waals surface area contributed by atoms with Crippen molar-refractivity contribution in [3.05, 3.63) is 23.0 Å². The average Bonchev–Trinajstić information content (AvgIpc) is 2.42. The molecule has 1 heterocycles. The number of carboxylic acid groups (broad SMARTS) is 1. The number of halogens is 1. The summed E-state index contributed by atoms with van der Waals surface area (Å²) in [5, 5.41) is 9.53. The van der Waals surface area contributed by atoms with E-state index in [0.29, 0.717) is 11.6 Å². The van der Waals surface area contributed by atoms with E-state index in [2.05, 4.69) is 18.7 Å². The second kappa shape index (κ2) is 5.10. The Kier molecular flexibility index (Phi) is 4.22. The number of carbonyl (C=O) groups is 1. The van der Waals surface area contributed by atoms with Gasteiger partial charge in [0.05, 0.1) is 5.02 Å². The summed E-state index contributed by atoms with van der Waals surface area (Å²) >= 11 is 5.85. The lowest BCUT2D eigenvalue weighted by atomic mass is 9.93. The number of nitrogens with zero attached hydrogens (tertiary/aromatic N) is 2. The molecule has 0 saturated carbocycles. The van der Waals surface area contributed by atoms with Gasteiger partial charge in [0.25, 0.3) is 0 Å². The van der Waals surface area contributed by atoms with Gasteiger partial charge < -0.3 is 14.6 Å². The first-order chi connectivity index (χ1) is 7.71. The van der Waals surface area contributed by atoms with E-state index in [1.807, 2.05) is 14.1 Å². The molecule has 0 amide bonds. The maximum atomic E-state index is 11.1. The lowest BCUT2D eigenvalue weighted by Crippen LogP contribution is -2.32. The summed E-state index contributed by atoms with van der Waals surface area (Å²) in [7, 11) is 4.00. The third-order valence-electron chi connectivity index (χ3n) is 2.42. The summed E-state index contributed by atoms with van der Waals surface area (Å²) in [5.74, 6) is -0.947. The van der Waals surface area contributed by atoms with Crippen molar-refractivity contribution in [2.45, 2.75) is 20.4 Å². The first-order valence-electron chi connectivity index (χ1n) is 5.45. The Morgan fingerprint density at radius 3 is 2.59 bits per heavy atom. The van der Waals surface area contributed by atoms with Gasteiger partial charge >= 0.3 is 5.97 Å². The van der Waals surface area contributed by atoms with Crippen LogP contribution in [0.1, 0.15) is 24.3 Å². The number of hydrogen-bond acceptors (Lipinski definition) is 2. The molecule has 1 aromatic heterocycles. The third kappa shape index (κ3) is 4.06. The van der Waals surface area contributed by atoms with Gasteiger partial charge in [0.15, 0.2) is 0 Å². The average molecular weight is 259 g/mol. The Morgan fingerprint density at radius 1 is 1.53 bits per heavy atom. The molecule has 0 aromatic carbocycles. The van der Waals surface area contributed by atoms with Crippen molar-refractivity contribution in [3.8, 4) is 0 Å². The highest BCUT2D eigenvalue weighted by molar-refractivity contribution is 6.30. The maximum absolute atomic E-state index is 11.1. The van der Waals surface area contributed by atoms with Crippen LogP contribution in [0.5, 0.6) is 0 Å². The van der Waals surface area contributed by atoms with Crippen molar-refractivity contribution in [3.63, 3.8) is 0 Å². The molecule has 1 aromatic rings. The van der Waals surface area contributed by atoms with Crippen LogP contribution in [0, 0.1) is 5.41 Å². The van der Waals surface area contributed by atoms with E-state index in [4.69, 9.17) is 16.7 Å². The minimum absolute atomic E-state index is 0.0178. The molecule has 5 heteroatoms. The molecule has 0 aliphatic heterocycles. The van der Waals surface area contributed by atoms with Crippen LogP contribution < -0.4 is 0 Å². The van der Waals surface area contributed by atoms with Crippen LogP contribution in [0.4, 0.5) is 0 Å². The van der Waals surface area contributed by atoms with E-state index in [9.17, 15) is 4.79 Å². The Balaban J connectivity index is 2.90. The van der Waals surface area contributed by atoms with Gasteiger partial charge in [-0.15, -0.1) is 0 Å². The van der Waals surface area contributed by atoms with Gasteiger partial charge in [0, 0.05) is 19.3 Å². The zero-order chi connectivity index (χ0) is 13.2. The van der Waals surface area contributed by atoms with Gasteiger partial charge in [-0.3, -0.25) is 0 Å². The van der Waals surface area contributed by atoms with E-state index in [-0.39, 0.29) is 11.1 Å². The quantitative estimate of drug-likeness (QED) is 0.882. The fraction of sp³-hybridized carbons (Fsp3) is 0.583. The van der Waals surface area contributed by atoms with Crippen LogP contribution in [0.25, 0.3) is 0 Å². The monoisotopic (exact) mass is 258 g/mol. The Labute approximate surface area is 107 Å². The van der Waals surface area contributed by atoms with Gasteiger partial charge in [-0.1, -0.05) is 25.4 Å². The number of hydrogen-bond donors (Lipinski definition) is 1. The van der Waals surface area contributed by atoms with Gasteiger partial charge in [0.2, 0.25) is 0 Å². The van der Waals surface area contributed by atoms with E-state index in [1.165, 1.54) is 6.07 Å². The van der Waals surface area contributed by atoms with Gasteiger partial charge in [-0.25, -0.2) is 4.79 Å². The predicted molar refractivity (Wildman–Crippen MR) is 68.7 cm³/mol. The minimum Gasteiger partial charge on any atom is -0.477 e. The smallest absolute Gasteiger partial charge is 0.352 e. The molecule has 0 saturated heterocycles. The third-order valence-corrected chi connectivity index (χ3v) is 2.63. The Bertz CT molecular complexity index is 411. The molecular weight excluding hydrogens is 240 g/mol. The summed E-state index contributed by atoms with van der Waals surface area (Å²) in [5.41, 5.74) is 0.220. The van der Waals surface area contributed by atoms with Crippen LogP contribution >= 0.6 is 11.6 Å². The summed E-state index contributed by atoms with van der Waals surface area (Å²) < 4.78 is 1.70. The molecule has 0 radical (unpaired) electrons. The fourth-order valence-electron chi connectivity index (χ4n) is 2.15. The summed E-state index contributed by atoms with van der Waals surface area (Å²) in [6, 6.07) is 1.48. The molecule has 0 aliphatic carbocycles. The molecule has 0 fully saturated rings. The molecule has 4 nitrogen and oxygen atoms in total. The van der Waals surface area contributed by atoms with E-state index in [0.717, 1.165) is 6.54 Å². The van der Waals surface area contributed by atoms with Crippen LogP contribution in [-0.4, -0.2) is 41.2 Å². The molecule has 1 rings (SSSR count). The van der Waals surface area contributed by atoms with Crippen molar-refractivity contribution in [1.82, 2.24) is 9.47 Å². The maximum Gasteiger partial charge on any atom is 0.352 e. The Hall–Kier alpha value is -1.00. The lowest BCUT2D eigenvalue weighted by molar-refractivity contribution is 0.0681. The summed E-state index contributed by atoms with van der Waals surface area (Å²) in [4.78, 5) is 13.1. The molecule has 0 bridgehead atoms. The molecule has 0 spiro atoms. The first kappa shape index (κ1) is 14.1. The molecule has 0 atom stereocenters. The van der Waals surface area contributed by atoms with Gasteiger partial charge in [-0.2, -0.15) is 0 Å². The van der Waals surface area contributed by atoms with Gasteiger partial charge in [-0.05, 0) is 25.6 Å². The van der Waals surface area contributed by atoms with Crippen molar-refractivity contribution in [2.75, 3.05) is 20.6 Å². The predicted octanol–water partition coefficient (Wildman–Crippen LogP) is 2.43. The highest BCUT2D eigenvalue weighted by Crippen LogP contribution is 2.23. The largest absolute Gasteiger partial charge is 0.477 e. The van der Waals surface area contributed by atoms with Crippen molar-refractivity contribution >= 4 is 17.6 Å². The second-order valence-corrected chi connectivity index (χ2v) is 5.82. The molecule has 96 valence electrons. The lowest BCUT2D eigenvalue weighted by Gasteiger charge is -2.29. The molecular formula is C12H19ClN2O2. The zero-order valence-electron chi connectivity index (χ0n) is 10.7. The summed E-state index contributed by atoms with van der Waals surface area (Å²) in [6.45, 7) is 5.71. The topological polar surface area (TPSA) is 45.5 Å². The highest BCUT2D eigenvalue weighted by atomic mass is 35.5. The number of carboxylic acids is 1. The number of aromatic nitrogens is 1. The van der Waals surface area contributed by atoms with Gasteiger partial charge in [0.1, 0.15) is 5.69 Å². The SMILES string of the molecule is CN(C)CC(C)(C)Cn1cc(Cl)cc1C(=O)O. The van der Waals surface area contributed by atoms with Crippen molar-refractivity contribution in [2.24, 2.45) is 5.41 Å². The van der Waals surface area contributed by atoms with Crippen LogP contribution in [0.3, 0.4) is 0 Å². The van der Waals surface area contributed by atoms with E-state index in [1.54, 1.807) is 10.8 Å². The molecule has 0 aliphatic rings. The number of aromatic carboxylic acids is 1. The van der Waals surface area contributed by atoms with E-state index < -0.39 is 5.97 Å². The first-order valence-corrected chi connectivity index (χ1v) is 5.83. The van der Waals surface area contributed by atoms with Crippen molar-refractivity contribution < 1.29 is 9.90 Å². The van der Waals surface area contributed by atoms with Crippen LogP contribution in [0.15, 0.2) is 12.3 Å². The molecule has 0 unspecified atom stereocenters. The van der Waals surface area contributed by atoms with E-state index >= 15 is 0 Å². The van der Waals surface area contributed by atoms with Crippen molar-refractivity contribution in [1.29, 1.82) is 0 Å². The van der Waals surface area contributed by atoms with Crippen LogP contribution in [-0.2, 0) is 6.54 Å². The second-order valence-electron chi connectivity index (χ2n) is 5.38. The fourth-order valence-corrected chi connectivity index (χ4v) is 2.37. The minimum atomic E-state index is -0.947. The summed E-state index contributed by atoms with van der Waals surface area (Å²) in [6.07, 6.45) is 1.67. The standard InChI is InChI=1S/C12H19ClN2O2/c1-12(2,7-14(3)4)8-15-6-9(13)5-10(15)11(16)17/h5-6H,7-8H2,1-4H3,(H,16,17). The zero-order valence-corrected chi connectivity index (χ0v) is 11.5. The molecule has 17 heavy (non-hydrogen) atoms. The number of rotatable bonds is 5. The molecule has 1 N–H and O–H groups in total. The Morgan fingerprint density at radius 2 is 2.12 bits per heavy atom. The normalized spacial score (nSPS) is 12.1.